The Morgan fingerprint density at radius 3 is 2.88 bits per heavy atom. The smallest absolute Gasteiger partial charge is 0.251 e. The van der Waals surface area contributed by atoms with Crippen LogP contribution >= 0.6 is 11.8 Å². The average Bonchev–Trinajstić information content (AvgIpc) is 2.36. The number of nitrogens with zero attached hydrogens (tertiary/aromatic N) is 1. The van der Waals surface area contributed by atoms with Gasteiger partial charge in [0.1, 0.15) is 0 Å². The Morgan fingerprint density at radius 1 is 1.35 bits per heavy atom. The molecule has 1 aromatic carbocycles. The van der Waals surface area contributed by atoms with Gasteiger partial charge >= 0.3 is 0 Å². The third kappa shape index (κ3) is 2.44. The number of pyridine rings is 1. The third-order valence-corrected chi connectivity index (χ3v) is 3.69. The van der Waals surface area contributed by atoms with Gasteiger partial charge in [0.2, 0.25) is 0 Å². The Kier molecular flexibility index (Phi) is 3.69. The lowest BCUT2D eigenvalue weighted by atomic mass is 10.2. The molecule has 17 heavy (non-hydrogen) atoms. The molecule has 0 N–H and O–H groups in total. The van der Waals surface area contributed by atoms with Crippen molar-refractivity contribution < 1.29 is 0 Å². The summed E-state index contributed by atoms with van der Waals surface area (Å²) in [5.41, 5.74) is 1.04. The van der Waals surface area contributed by atoms with Crippen LogP contribution in [0, 0.1) is 0 Å². The van der Waals surface area contributed by atoms with E-state index >= 15 is 0 Å². The van der Waals surface area contributed by atoms with Crippen molar-refractivity contribution in [1.29, 1.82) is 0 Å². The Labute approximate surface area is 105 Å². The number of aryl methyl sites for hydroxylation is 1. The van der Waals surface area contributed by atoms with Gasteiger partial charge in [0.05, 0.1) is 5.52 Å². The molecule has 0 radical (unpaired) electrons. The number of allylic oxidation sites excluding steroid dienone is 1. The van der Waals surface area contributed by atoms with Crippen molar-refractivity contribution in [3.8, 4) is 0 Å². The number of rotatable bonds is 3. The largest absolute Gasteiger partial charge is 0.311 e. The van der Waals surface area contributed by atoms with Crippen LogP contribution in [-0.2, 0) is 7.05 Å². The topological polar surface area (TPSA) is 22.0 Å². The van der Waals surface area contributed by atoms with Crippen molar-refractivity contribution in [2.24, 2.45) is 7.05 Å². The minimum absolute atomic E-state index is 0.0479. The van der Waals surface area contributed by atoms with Gasteiger partial charge in [-0.1, -0.05) is 30.4 Å². The lowest BCUT2D eigenvalue weighted by Crippen LogP contribution is -2.16. The van der Waals surface area contributed by atoms with E-state index in [1.165, 1.54) is 0 Å². The van der Waals surface area contributed by atoms with Gasteiger partial charge in [-0.25, -0.2) is 0 Å². The summed E-state index contributed by atoms with van der Waals surface area (Å²) in [6.07, 6.45) is 4.12. The van der Waals surface area contributed by atoms with Crippen molar-refractivity contribution in [2.75, 3.05) is 5.75 Å². The van der Waals surface area contributed by atoms with E-state index in [0.717, 1.165) is 21.6 Å². The number of fused-ring (bicyclic) bond motifs is 1. The van der Waals surface area contributed by atoms with E-state index in [1.54, 1.807) is 22.4 Å². The summed E-state index contributed by atoms with van der Waals surface area (Å²) in [6.45, 7) is 2.00. The molecule has 0 fully saturated rings. The Hall–Kier alpha value is -1.48. The maximum absolute atomic E-state index is 11.8. The molecule has 88 valence electrons. The molecule has 0 atom stereocenters. The maximum atomic E-state index is 11.8. The summed E-state index contributed by atoms with van der Waals surface area (Å²) in [5, 5.41) is 1.14. The highest BCUT2D eigenvalue weighted by atomic mass is 32.2. The minimum atomic E-state index is 0.0479. The molecular weight excluding hydrogens is 230 g/mol. The van der Waals surface area contributed by atoms with E-state index in [4.69, 9.17) is 0 Å². The lowest BCUT2D eigenvalue weighted by molar-refractivity contribution is 0.898. The number of para-hydroxylation sites is 1. The lowest BCUT2D eigenvalue weighted by Gasteiger charge is -2.08. The SMILES string of the molecule is C/C=C/CSc1cc(=O)n(C)c2ccccc12. The summed E-state index contributed by atoms with van der Waals surface area (Å²) >= 11 is 1.70. The van der Waals surface area contributed by atoms with Crippen LogP contribution in [0.4, 0.5) is 0 Å². The van der Waals surface area contributed by atoms with Crippen LogP contribution in [-0.4, -0.2) is 10.3 Å². The molecular formula is C14H15NOS. The molecule has 0 aliphatic carbocycles. The highest BCUT2D eigenvalue weighted by molar-refractivity contribution is 7.99. The predicted octanol–water partition coefficient (Wildman–Crippen LogP) is 3.21. The van der Waals surface area contributed by atoms with Crippen LogP contribution in [0.5, 0.6) is 0 Å². The van der Waals surface area contributed by atoms with Gasteiger partial charge in [-0.15, -0.1) is 11.8 Å². The minimum Gasteiger partial charge on any atom is -0.311 e. The summed E-state index contributed by atoms with van der Waals surface area (Å²) in [5.74, 6) is 0.896. The van der Waals surface area contributed by atoms with Gasteiger partial charge in [0, 0.05) is 29.1 Å². The highest BCUT2D eigenvalue weighted by Crippen LogP contribution is 2.25. The van der Waals surface area contributed by atoms with Crippen LogP contribution < -0.4 is 5.56 Å². The summed E-state index contributed by atoms with van der Waals surface area (Å²) in [6, 6.07) is 9.73. The summed E-state index contributed by atoms with van der Waals surface area (Å²) in [7, 11) is 1.81. The molecule has 3 heteroatoms. The second-order valence-corrected chi connectivity index (χ2v) is 4.86. The zero-order valence-corrected chi connectivity index (χ0v) is 10.8. The van der Waals surface area contributed by atoms with E-state index < -0.39 is 0 Å². The monoisotopic (exact) mass is 245 g/mol. The molecule has 2 aromatic rings. The van der Waals surface area contributed by atoms with Crippen LogP contribution in [0.25, 0.3) is 10.9 Å². The second-order valence-electron chi connectivity index (χ2n) is 3.80. The van der Waals surface area contributed by atoms with E-state index in [1.807, 2.05) is 38.2 Å². The molecule has 0 saturated carbocycles. The molecule has 2 nitrogen and oxygen atoms in total. The fourth-order valence-corrected chi connectivity index (χ4v) is 2.71. The average molecular weight is 245 g/mol. The van der Waals surface area contributed by atoms with E-state index in [9.17, 15) is 4.79 Å². The van der Waals surface area contributed by atoms with Crippen LogP contribution in [0.15, 0.2) is 52.2 Å². The highest BCUT2D eigenvalue weighted by Gasteiger charge is 2.05. The zero-order valence-electron chi connectivity index (χ0n) is 10.0. The molecule has 0 unspecified atom stereocenters. The first-order valence-electron chi connectivity index (χ1n) is 5.56. The molecule has 0 amide bonds. The molecule has 0 spiro atoms. The van der Waals surface area contributed by atoms with Crippen molar-refractivity contribution in [1.82, 2.24) is 4.57 Å². The van der Waals surface area contributed by atoms with Crippen molar-refractivity contribution >= 4 is 22.7 Å². The number of thioether (sulfide) groups is 1. The summed E-state index contributed by atoms with van der Waals surface area (Å²) in [4.78, 5) is 12.9. The molecule has 1 aromatic heterocycles. The van der Waals surface area contributed by atoms with Gasteiger partial charge in [-0.3, -0.25) is 4.79 Å². The third-order valence-electron chi connectivity index (χ3n) is 2.69. The number of hydrogen-bond donors (Lipinski definition) is 0. The number of aromatic nitrogens is 1. The first kappa shape index (κ1) is 12.0. The fourth-order valence-electron chi connectivity index (χ4n) is 1.73. The first-order valence-corrected chi connectivity index (χ1v) is 6.55. The quantitative estimate of drug-likeness (QED) is 0.612. The maximum Gasteiger partial charge on any atom is 0.251 e. The van der Waals surface area contributed by atoms with Gasteiger partial charge < -0.3 is 4.57 Å². The van der Waals surface area contributed by atoms with Gasteiger partial charge in [0.15, 0.2) is 0 Å². The normalized spacial score (nSPS) is 11.4. The predicted molar refractivity (Wildman–Crippen MR) is 74.7 cm³/mol. The number of hydrogen-bond acceptors (Lipinski definition) is 2. The summed E-state index contributed by atoms with van der Waals surface area (Å²) < 4.78 is 1.69. The van der Waals surface area contributed by atoms with Crippen LogP contribution in [0.2, 0.25) is 0 Å². The van der Waals surface area contributed by atoms with Gasteiger partial charge in [-0.2, -0.15) is 0 Å². The fraction of sp³-hybridized carbons (Fsp3) is 0.214. The first-order chi connectivity index (χ1) is 8.24. The zero-order chi connectivity index (χ0) is 12.3. The second kappa shape index (κ2) is 5.23. The molecule has 0 aliphatic heterocycles. The van der Waals surface area contributed by atoms with Gasteiger partial charge in [-0.05, 0) is 13.0 Å². The van der Waals surface area contributed by atoms with Gasteiger partial charge in [0.25, 0.3) is 5.56 Å². The standard InChI is InChI=1S/C14H15NOS/c1-3-4-9-17-13-10-14(16)15(2)12-8-6-5-7-11(12)13/h3-8,10H,9H2,1-2H3/b4-3+. The Balaban J connectivity index is 2.55. The van der Waals surface area contributed by atoms with Crippen molar-refractivity contribution in [3.05, 3.63) is 52.8 Å². The van der Waals surface area contributed by atoms with Crippen molar-refractivity contribution in [3.63, 3.8) is 0 Å². The molecule has 1 heterocycles. The molecule has 0 bridgehead atoms. The molecule has 2 rings (SSSR count). The molecule has 0 saturated heterocycles. The van der Waals surface area contributed by atoms with Crippen LogP contribution in [0.3, 0.4) is 0 Å². The van der Waals surface area contributed by atoms with Crippen molar-refractivity contribution in [2.45, 2.75) is 11.8 Å². The van der Waals surface area contributed by atoms with Crippen LogP contribution in [0.1, 0.15) is 6.92 Å². The van der Waals surface area contributed by atoms with E-state index in [-0.39, 0.29) is 5.56 Å². The van der Waals surface area contributed by atoms with E-state index in [2.05, 4.69) is 12.1 Å². The number of benzene rings is 1. The Bertz CT molecular complexity index is 613. The van der Waals surface area contributed by atoms with E-state index in [0.29, 0.717) is 0 Å². The molecule has 0 aliphatic rings. The Morgan fingerprint density at radius 2 is 2.12 bits per heavy atom.